The van der Waals surface area contributed by atoms with Crippen molar-refractivity contribution in [2.75, 3.05) is 6.54 Å². The number of carboxylic acid groups (broad SMARTS) is 1. The predicted molar refractivity (Wildman–Crippen MR) is 69.6 cm³/mol. The zero-order valence-electron chi connectivity index (χ0n) is 11.5. The maximum absolute atomic E-state index is 12.8. The number of halogens is 3. The topological polar surface area (TPSA) is 127 Å². The van der Waals surface area contributed by atoms with Crippen molar-refractivity contribution in [1.29, 1.82) is 5.26 Å². The number of hydrogen-bond donors (Lipinski definition) is 3. The van der Waals surface area contributed by atoms with Crippen molar-refractivity contribution in [3.8, 4) is 6.07 Å². The molecule has 0 aliphatic heterocycles. The molecule has 0 heterocycles. The minimum Gasteiger partial charge on any atom is -0.479 e. The second-order valence-electron chi connectivity index (χ2n) is 4.72. The first-order valence-corrected chi connectivity index (χ1v) is 7.36. The van der Waals surface area contributed by atoms with Crippen LogP contribution in [0.4, 0.5) is 13.2 Å². The lowest BCUT2D eigenvalue weighted by Gasteiger charge is -2.18. The average molecular weight is 352 g/mol. The summed E-state index contributed by atoms with van der Waals surface area (Å²) >= 11 is 0. The van der Waals surface area contributed by atoms with E-state index in [1.54, 1.807) is 4.72 Å². The Morgan fingerprint density at radius 3 is 2.39 bits per heavy atom. The van der Waals surface area contributed by atoms with Crippen LogP contribution in [-0.2, 0) is 21.0 Å². The van der Waals surface area contributed by atoms with Crippen LogP contribution in [0.5, 0.6) is 0 Å². The molecular weight excluding hydrogens is 341 g/mol. The molecule has 0 aliphatic rings. The van der Waals surface area contributed by atoms with Gasteiger partial charge in [-0.25, -0.2) is 17.9 Å². The number of aliphatic carboxylic acids is 1. The molecule has 0 bridgehead atoms. The Bertz CT molecular complexity index is 766. The summed E-state index contributed by atoms with van der Waals surface area (Å²) in [5, 5.41) is 26.7. The highest BCUT2D eigenvalue weighted by molar-refractivity contribution is 7.89. The van der Waals surface area contributed by atoms with Crippen LogP contribution >= 0.6 is 0 Å². The third-order valence-corrected chi connectivity index (χ3v) is 4.19. The molecule has 3 N–H and O–H groups in total. The summed E-state index contributed by atoms with van der Waals surface area (Å²) in [4.78, 5) is 9.86. The fourth-order valence-corrected chi connectivity index (χ4v) is 2.57. The lowest BCUT2D eigenvalue weighted by atomic mass is 10.1. The van der Waals surface area contributed by atoms with E-state index in [-0.39, 0.29) is 6.07 Å². The molecule has 1 unspecified atom stereocenters. The smallest absolute Gasteiger partial charge is 0.417 e. The first kappa shape index (κ1) is 18.9. The average Bonchev–Trinajstić information content (AvgIpc) is 2.43. The van der Waals surface area contributed by atoms with Gasteiger partial charge in [-0.05, 0) is 25.1 Å². The summed E-state index contributed by atoms with van der Waals surface area (Å²) in [5.41, 5.74) is -4.63. The third-order valence-electron chi connectivity index (χ3n) is 2.79. The molecule has 126 valence electrons. The number of aliphatic hydroxyl groups is 1. The van der Waals surface area contributed by atoms with E-state index in [2.05, 4.69) is 0 Å². The standard InChI is InChI=1S/C12H11F3N2O5S/c1-11(20,10(18)19)6-17-23(21,22)8-3-2-7(5-16)9(4-8)12(13,14)15/h2-4,17,20H,6H2,1H3,(H,18,19). The molecule has 0 amide bonds. The summed E-state index contributed by atoms with van der Waals surface area (Å²) in [5.74, 6) is -1.71. The number of alkyl halides is 3. The molecule has 1 atom stereocenters. The lowest BCUT2D eigenvalue weighted by molar-refractivity contribution is -0.155. The first-order valence-electron chi connectivity index (χ1n) is 5.88. The summed E-state index contributed by atoms with van der Waals surface area (Å²) in [6.07, 6.45) is -4.94. The maximum Gasteiger partial charge on any atom is 0.417 e. The molecule has 1 aromatic rings. The molecule has 11 heteroatoms. The zero-order chi connectivity index (χ0) is 18.1. The van der Waals surface area contributed by atoms with Crippen LogP contribution in [-0.4, -0.2) is 36.7 Å². The monoisotopic (exact) mass is 352 g/mol. The van der Waals surface area contributed by atoms with Gasteiger partial charge in [0.1, 0.15) is 0 Å². The van der Waals surface area contributed by atoms with Gasteiger partial charge < -0.3 is 10.2 Å². The summed E-state index contributed by atoms with van der Waals surface area (Å²) in [6, 6.07) is 3.02. The second kappa shape index (κ2) is 6.15. The van der Waals surface area contributed by atoms with E-state index >= 15 is 0 Å². The molecule has 23 heavy (non-hydrogen) atoms. The summed E-state index contributed by atoms with van der Waals surface area (Å²) in [7, 11) is -4.52. The molecule has 0 saturated heterocycles. The Labute approximate surface area is 129 Å². The fourth-order valence-electron chi connectivity index (χ4n) is 1.42. The van der Waals surface area contributed by atoms with Crippen LogP contribution in [0.1, 0.15) is 18.1 Å². The van der Waals surface area contributed by atoms with Crippen molar-refractivity contribution in [3.05, 3.63) is 29.3 Å². The van der Waals surface area contributed by atoms with E-state index in [0.29, 0.717) is 6.07 Å². The van der Waals surface area contributed by atoms with Gasteiger partial charge in [0.2, 0.25) is 10.0 Å². The molecule has 1 aromatic carbocycles. The van der Waals surface area contributed by atoms with Crippen LogP contribution in [0.25, 0.3) is 0 Å². The normalized spacial score (nSPS) is 14.8. The van der Waals surface area contributed by atoms with Crippen molar-refractivity contribution >= 4 is 16.0 Å². The second-order valence-corrected chi connectivity index (χ2v) is 6.49. The molecule has 0 fully saturated rings. The number of hydrogen-bond acceptors (Lipinski definition) is 5. The Morgan fingerprint density at radius 2 is 1.96 bits per heavy atom. The van der Waals surface area contributed by atoms with Gasteiger partial charge in [0.15, 0.2) is 5.60 Å². The van der Waals surface area contributed by atoms with Crippen molar-refractivity contribution in [3.63, 3.8) is 0 Å². The number of nitrogens with zero attached hydrogens (tertiary/aromatic N) is 1. The van der Waals surface area contributed by atoms with Crippen molar-refractivity contribution in [2.45, 2.75) is 23.6 Å². The fraction of sp³-hybridized carbons (Fsp3) is 0.333. The van der Waals surface area contributed by atoms with Crippen LogP contribution in [0, 0.1) is 11.3 Å². The Balaban J connectivity index is 3.21. The van der Waals surface area contributed by atoms with E-state index < -0.39 is 50.3 Å². The van der Waals surface area contributed by atoms with Crippen molar-refractivity contribution in [2.24, 2.45) is 0 Å². The van der Waals surface area contributed by atoms with E-state index in [4.69, 9.17) is 10.4 Å². The van der Waals surface area contributed by atoms with Gasteiger partial charge in [0.25, 0.3) is 0 Å². The van der Waals surface area contributed by atoms with Crippen LogP contribution in [0.3, 0.4) is 0 Å². The number of nitrogens with one attached hydrogen (secondary N) is 1. The SMILES string of the molecule is CC(O)(CNS(=O)(=O)c1ccc(C#N)c(C(F)(F)F)c1)C(=O)O. The number of rotatable bonds is 5. The molecule has 0 spiro atoms. The predicted octanol–water partition coefficient (Wildman–Crippen LogP) is 0.691. The Kier molecular flexibility index (Phi) is 5.05. The molecule has 7 nitrogen and oxygen atoms in total. The van der Waals surface area contributed by atoms with E-state index in [0.717, 1.165) is 13.0 Å². The summed E-state index contributed by atoms with van der Waals surface area (Å²) < 4.78 is 63.9. The quantitative estimate of drug-likeness (QED) is 0.715. The number of carbonyl (C=O) groups is 1. The van der Waals surface area contributed by atoms with Crippen LogP contribution < -0.4 is 4.72 Å². The molecule has 1 rings (SSSR count). The van der Waals surface area contributed by atoms with Crippen LogP contribution in [0.15, 0.2) is 23.1 Å². The summed E-state index contributed by atoms with van der Waals surface area (Å²) in [6.45, 7) is -0.135. The van der Waals surface area contributed by atoms with E-state index in [1.807, 2.05) is 0 Å². The number of sulfonamides is 1. The third kappa shape index (κ3) is 4.41. The van der Waals surface area contributed by atoms with Gasteiger partial charge in [0, 0.05) is 0 Å². The number of carboxylic acids is 1. The van der Waals surface area contributed by atoms with Gasteiger partial charge in [-0.3, -0.25) is 0 Å². The molecule has 0 saturated carbocycles. The Hall–Kier alpha value is -2.16. The largest absolute Gasteiger partial charge is 0.479 e. The van der Waals surface area contributed by atoms with E-state index in [1.165, 1.54) is 6.07 Å². The zero-order valence-corrected chi connectivity index (χ0v) is 12.4. The minimum absolute atomic E-state index is 0.260. The minimum atomic E-state index is -4.94. The molecular formula is C12H11F3N2O5S. The maximum atomic E-state index is 12.8. The van der Waals surface area contributed by atoms with Gasteiger partial charge in [0.05, 0.1) is 28.6 Å². The highest BCUT2D eigenvalue weighted by Crippen LogP contribution is 2.33. The first-order chi connectivity index (χ1) is 10.3. The van der Waals surface area contributed by atoms with Gasteiger partial charge in [-0.1, -0.05) is 0 Å². The highest BCUT2D eigenvalue weighted by atomic mass is 32.2. The van der Waals surface area contributed by atoms with Gasteiger partial charge in [-0.15, -0.1) is 0 Å². The number of nitriles is 1. The van der Waals surface area contributed by atoms with E-state index in [9.17, 15) is 31.5 Å². The Morgan fingerprint density at radius 1 is 1.39 bits per heavy atom. The highest BCUT2D eigenvalue weighted by Gasteiger charge is 2.36. The molecule has 0 aromatic heterocycles. The lowest BCUT2D eigenvalue weighted by Crippen LogP contribution is -2.46. The van der Waals surface area contributed by atoms with Gasteiger partial charge >= 0.3 is 12.1 Å². The number of benzene rings is 1. The molecule has 0 radical (unpaired) electrons. The van der Waals surface area contributed by atoms with Crippen molar-refractivity contribution in [1.82, 2.24) is 4.72 Å². The molecule has 0 aliphatic carbocycles. The van der Waals surface area contributed by atoms with Crippen molar-refractivity contribution < 1.29 is 36.6 Å². The van der Waals surface area contributed by atoms with Gasteiger partial charge in [-0.2, -0.15) is 18.4 Å². The van der Waals surface area contributed by atoms with Crippen LogP contribution in [0.2, 0.25) is 0 Å².